The minimum Gasteiger partial charge on any atom is -0.325 e. The van der Waals surface area contributed by atoms with Gasteiger partial charge in [0.15, 0.2) is 0 Å². The molecule has 5 rings (SSSR count). The molecule has 36 heavy (non-hydrogen) atoms. The van der Waals surface area contributed by atoms with Crippen LogP contribution in [0.2, 0.25) is 10.0 Å². The van der Waals surface area contributed by atoms with Crippen LogP contribution in [-0.2, 0) is 13.5 Å². The molecule has 4 aromatic rings. The van der Waals surface area contributed by atoms with E-state index in [4.69, 9.17) is 28.9 Å². The van der Waals surface area contributed by atoms with E-state index >= 15 is 0 Å². The summed E-state index contributed by atoms with van der Waals surface area (Å²) in [6.45, 7) is 3.42. The molecule has 0 aliphatic carbocycles. The number of hydrogen-bond acceptors (Lipinski definition) is 4. The Balaban J connectivity index is 1.55. The zero-order chi connectivity index (χ0) is 25.6. The summed E-state index contributed by atoms with van der Waals surface area (Å²) in [7, 11) is 1.84. The quantitative estimate of drug-likeness (QED) is 0.298. The number of likely N-dealkylation sites (tertiary alicyclic amines) is 1. The molecule has 4 N–H and O–H groups in total. The highest BCUT2D eigenvalue weighted by molar-refractivity contribution is 6.39. The van der Waals surface area contributed by atoms with Crippen LogP contribution in [0.5, 0.6) is 0 Å². The fourth-order valence-electron chi connectivity index (χ4n) is 5.06. The lowest BCUT2D eigenvalue weighted by molar-refractivity contribution is -0.783. The molecule has 1 saturated heterocycles. The van der Waals surface area contributed by atoms with E-state index in [1.165, 1.54) is 0 Å². The lowest BCUT2D eigenvalue weighted by atomic mass is 10.0. The standard InChI is InChI=1S/C26H26Cl2N6O2/c1-15-16-10-11-20-23(33(2)26(31-20)32-22-17(27)7-5-8-18(22)28)21(16)24(35)30-19(15)9-6-14-34(25(29)36)12-3-4-13-34/h5-8,10-11,14H,3-4,9,12-13H2,1-2H3,(H3-,29,30,31,32,35,36)/p+1. The molecule has 2 aromatic carbocycles. The van der Waals surface area contributed by atoms with Gasteiger partial charge >= 0.3 is 6.03 Å². The molecular weight excluding hydrogens is 499 g/mol. The number of aromatic nitrogens is 3. The Hall–Kier alpha value is -3.33. The largest absolute Gasteiger partial charge is 0.418 e. The first kappa shape index (κ1) is 24.4. The first-order valence-corrected chi connectivity index (χ1v) is 12.5. The van der Waals surface area contributed by atoms with Crippen molar-refractivity contribution in [3.63, 3.8) is 0 Å². The highest BCUT2D eigenvalue weighted by Gasteiger charge is 2.36. The first-order chi connectivity index (χ1) is 17.2. The summed E-state index contributed by atoms with van der Waals surface area (Å²) in [5.74, 6) is 0.516. The van der Waals surface area contributed by atoms with Crippen LogP contribution in [-0.4, -0.2) is 38.1 Å². The normalized spacial score (nSPS) is 15.3. The fourth-order valence-corrected chi connectivity index (χ4v) is 5.55. The summed E-state index contributed by atoms with van der Waals surface area (Å²) in [4.78, 5) is 33.1. The maximum atomic E-state index is 13.3. The van der Waals surface area contributed by atoms with Gasteiger partial charge in [-0.1, -0.05) is 35.3 Å². The second kappa shape index (κ2) is 9.28. The monoisotopic (exact) mass is 525 g/mol. The number of quaternary nitrogens is 1. The number of primary amides is 1. The van der Waals surface area contributed by atoms with Gasteiger partial charge in [-0.15, -0.1) is 0 Å². The van der Waals surface area contributed by atoms with Crippen molar-refractivity contribution >= 4 is 62.7 Å². The number of urea groups is 1. The molecule has 0 atom stereocenters. The predicted octanol–water partition coefficient (Wildman–Crippen LogP) is 5.52. The Morgan fingerprint density at radius 3 is 2.58 bits per heavy atom. The summed E-state index contributed by atoms with van der Waals surface area (Å²) >= 11 is 12.7. The number of nitrogens with one attached hydrogen (secondary N) is 2. The van der Waals surface area contributed by atoms with Crippen molar-refractivity contribution in [3.8, 4) is 0 Å². The Morgan fingerprint density at radius 2 is 1.92 bits per heavy atom. The van der Waals surface area contributed by atoms with E-state index in [0.717, 1.165) is 29.5 Å². The molecule has 0 unspecified atom stereocenters. The number of aryl methyl sites for hydroxylation is 2. The SMILES string of the molecule is Cc1c(CC=C[N+]2(C(N)=O)CCCC2)[nH]c(=O)c2c1ccc1nc(Nc3c(Cl)cccc3Cl)n(C)c12. The lowest BCUT2D eigenvalue weighted by Gasteiger charge is -2.23. The van der Waals surface area contributed by atoms with Crippen LogP contribution in [0, 0.1) is 6.92 Å². The number of carbonyl (C=O) groups excluding carboxylic acids is 1. The van der Waals surface area contributed by atoms with Gasteiger partial charge in [0.2, 0.25) is 5.95 Å². The zero-order valence-corrected chi connectivity index (χ0v) is 21.6. The van der Waals surface area contributed by atoms with Crippen LogP contribution in [0.15, 0.2) is 47.4 Å². The number of para-hydroxylation sites is 1. The smallest absolute Gasteiger partial charge is 0.325 e. The van der Waals surface area contributed by atoms with Crippen LogP contribution >= 0.6 is 23.2 Å². The molecule has 8 nitrogen and oxygen atoms in total. The van der Waals surface area contributed by atoms with Gasteiger partial charge in [0.05, 0.1) is 45.2 Å². The molecule has 0 bridgehead atoms. The molecule has 2 amide bonds. The highest BCUT2D eigenvalue weighted by Crippen LogP contribution is 2.34. The van der Waals surface area contributed by atoms with Crippen molar-refractivity contribution in [2.24, 2.45) is 12.8 Å². The third-order valence-corrected chi connectivity index (χ3v) is 7.73. The predicted molar refractivity (Wildman–Crippen MR) is 145 cm³/mol. The van der Waals surface area contributed by atoms with Crippen LogP contribution in [0.1, 0.15) is 24.1 Å². The number of carbonyl (C=O) groups is 1. The van der Waals surface area contributed by atoms with Crippen LogP contribution in [0.25, 0.3) is 21.8 Å². The minimum atomic E-state index is -0.339. The summed E-state index contributed by atoms with van der Waals surface area (Å²) < 4.78 is 2.00. The van der Waals surface area contributed by atoms with Gasteiger partial charge in [-0.3, -0.25) is 4.79 Å². The number of fused-ring (bicyclic) bond motifs is 3. The van der Waals surface area contributed by atoms with E-state index in [9.17, 15) is 9.59 Å². The third kappa shape index (κ3) is 4.05. The molecule has 3 heterocycles. The van der Waals surface area contributed by atoms with Gasteiger partial charge in [0.1, 0.15) is 6.20 Å². The number of amides is 2. The lowest BCUT2D eigenvalue weighted by Crippen LogP contribution is -2.49. The number of benzene rings is 2. The van der Waals surface area contributed by atoms with Gasteiger partial charge in [-0.2, -0.15) is 0 Å². The van der Waals surface area contributed by atoms with E-state index in [0.29, 0.717) is 57.6 Å². The van der Waals surface area contributed by atoms with E-state index in [1.807, 2.05) is 42.9 Å². The minimum absolute atomic E-state index is 0.164. The number of pyridine rings is 1. The number of rotatable bonds is 5. The second-order valence-electron chi connectivity index (χ2n) is 9.25. The first-order valence-electron chi connectivity index (χ1n) is 11.8. The number of H-pyrrole nitrogens is 1. The molecule has 186 valence electrons. The molecule has 1 aliphatic rings. The number of aromatic amines is 1. The number of nitrogens with two attached hydrogens (primary N) is 1. The van der Waals surface area contributed by atoms with E-state index < -0.39 is 0 Å². The van der Waals surface area contributed by atoms with Crippen molar-refractivity contribution in [2.45, 2.75) is 26.2 Å². The number of nitrogens with zero attached hydrogens (tertiary/aromatic N) is 3. The molecular formula is C26H27Cl2N6O2+. The molecule has 10 heteroatoms. The molecule has 0 radical (unpaired) electrons. The number of hydrogen-bond donors (Lipinski definition) is 3. The summed E-state index contributed by atoms with van der Waals surface area (Å²) in [6, 6.07) is 8.75. The molecule has 0 spiro atoms. The number of allylic oxidation sites excluding steroid dienone is 1. The maximum absolute atomic E-state index is 13.3. The van der Waals surface area contributed by atoms with Crippen molar-refractivity contribution in [3.05, 3.63) is 74.3 Å². The Bertz CT molecular complexity index is 1580. The van der Waals surface area contributed by atoms with Gasteiger partial charge in [-0.25, -0.2) is 14.3 Å². The third-order valence-electron chi connectivity index (χ3n) is 7.10. The Labute approximate surface area is 217 Å². The van der Waals surface area contributed by atoms with Gasteiger partial charge < -0.3 is 20.6 Å². The van der Waals surface area contributed by atoms with E-state index in [1.54, 1.807) is 18.2 Å². The fraction of sp³-hybridized carbons (Fsp3) is 0.269. The van der Waals surface area contributed by atoms with Crippen LogP contribution in [0.3, 0.4) is 0 Å². The van der Waals surface area contributed by atoms with Crippen molar-refractivity contribution in [1.29, 1.82) is 0 Å². The number of imidazole rings is 1. The average molecular weight is 526 g/mol. The van der Waals surface area contributed by atoms with E-state index in [2.05, 4.69) is 15.3 Å². The van der Waals surface area contributed by atoms with Crippen LogP contribution in [0.4, 0.5) is 16.4 Å². The summed E-state index contributed by atoms with van der Waals surface area (Å²) in [5.41, 5.74) is 9.17. The molecule has 1 aliphatic heterocycles. The Kier molecular flexibility index (Phi) is 6.28. The van der Waals surface area contributed by atoms with Crippen LogP contribution < -0.4 is 16.6 Å². The topological polar surface area (TPSA) is 106 Å². The zero-order valence-electron chi connectivity index (χ0n) is 20.1. The van der Waals surface area contributed by atoms with Crippen molar-refractivity contribution in [1.82, 2.24) is 14.5 Å². The number of halogens is 2. The molecule has 2 aromatic heterocycles. The molecule has 1 fully saturated rings. The molecule has 0 saturated carbocycles. The maximum Gasteiger partial charge on any atom is 0.418 e. The summed E-state index contributed by atoms with van der Waals surface area (Å²) in [5, 5.41) is 5.56. The highest BCUT2D eigenvalue weighted by atomic mass is 35.5. The van der Waals surface area contributed by atoms with Gasteiger partial charge in [0, 0.05) is 32.0 Å². The van der Waals surface area contributed by atoms with Gasteiger partial charge in [0.25, 0.3) is 5.56 Å². The number of anilines is 2. The van der Waals surface area contributed by atoms with E-state index in [-0.39, 0.29) is 16.1 Å². The Morgan fingerprint density at radius 1 is 1.22 bits per heavy atom. The summed E-state index contributed by atoms with van der Waals surface area (Å²) in [6.07, 6.45) is 6.24. The second-order valence-corrected chi connectivity index (χ2v) is 10.1. The average Bonchev–Trinajstić information content (AvgIpc) is 3.45. The van der Waals surface area contributed by atoms with Crippen molar-refractivity contribution in [2.75, 3.05) is 18.4 Å². The van der Waals surface area contributed by atoms with Gasteiger partial charge in [-0.05, 0) is 42.1 Å². The van der Waals surface area contributed by atoms with Crippen molar-refractivity contribution < 1.29 is 9.28 Å².